The van der Waals surface area contributed by atoms with Crippen molar-refractivity contribution in [1.29, 1.82) is 0 Å². The zero-order chi connectivity index (χ0) is 30.3. The summed E-state index contributed by atoms with van der Waals surface area (Å²) >= 11 is 7.56. The van der Waals surface area contributed by atoms with Gasteiger partial charge in [-0.1, -0.05) is 30.0 Å². The van der Waals surface area contributed by atoms with Crippen molar-refractivity contribution in [1.82, 2.24) is 15.1 Å². The number of nitrogens with zero attached hydrogens (tertiary/aromatic N) is 2. The van der Waals surface area contributed by atoms with E-state index < -0.39 is 29.4 Å². The van der Waals surface area contributed by atoms with E-state index in [1.165, 1.54) is 22.3 Å². The molecule has 4 rings (SSSR count). The highest BCUT2D eigenvalue weighted by Crippen LogP contribution is 2.37. The Balaban J connectivity index is 1.22. The second-order valence-electron chi connectivity index (χ2n) is 9.29. The lowest BCUT2D eigenvalue weighted by atomic mass is 10.0. The number of benzene rings is 1. The van der Waals surface area contributed by atoms with E-state index in [1.54, 1.807) is 17.5 Å². The van der Waals surface area contributed by atoms with E-state index in [2.05, 4.69) is 10.2 Å². The fourth-order valence-electron chi connectivity index (χ4n) is 4.12. The molecule has 0 bridgehead atoms. The van der Waals surface area contributed by atoms with Crippen LogP contribution in [0.15, 0.2) is 34.6 Å². The first-order chi connectivity index (χ1) is 20.0. The minimum absolute atomic E-state index is 0.0247. The van der Waals surface area contributed by atoms with Crippen molar-refractivity contribution >= 4 is 63.5 Å². The van der Waals surface area contributed by atoms with E-state index in [0.717, 1.165) is 37.0 Å². The van der Waals surface area contributed by atoms with Crippen molar-refractivity contribution < 1.29 is 41.4 Å². The number of ether oxygens (including phenoxy) is 2. The van der Waals surface area contributed by atoms with Crippen LogP contribution in [0.1, 0.15) is 23.3 Å². The fourth-order valence-corrected chi connectivity index (χ4v) is 6.34. The number of hydrogen-bond acceptors (Lipinski definition) is 9. The van der Waals surface area contributed by atoms with E-state index in [0.29, 0.717) is 35.1 Å². The zero-order valence-corrected chi connectivity index (χ0v) is 24.7. The maximum Gasteiger partial charge on any atom is 0.419 e. The van der Waals surface area contributed by atoms with E-state index in [4.69, 9.17) is 21.7 Å². The normalized spacial score (nSPS) is 17.2. The van der Waals surface area contributed by atoms with Crippen molar-refractivity contribution in [2.75, 3.05) is 52.5 Å². The van der Waals surface area contributed by atoms with Gasteiger partial charge in [-0.15, -0.1) is 11.3 Å². The van der Waals surface area contributed by atoms with Crippen LogP contribution < -0.4 is 5.32 Å². The topological polar surface area (TPSA) is 88.2 Å². The number of carbonyl (C=O) groups is 3. The van der Waals surface area contributed by atoms with Gasteiger partial charge in [0.2, 0.25) is 5.91 Å². The van der Waals surface area contributed by atoms with Gasteiger partial charge in [0.1, 0.15) is 16.7 Å². The Hall–Kier alpha value is -2.85. The Morgan fingerprint density at radius 1 is 1.12 bits per heavy atom. The average Bonchev–Trinajstić information content (AvgIpc) is 3.51. The lowest BCUT2D eigenvalue weighted by Gasteiger charge is -2.26. The zero-order valence-electron chi connectivity index (χ0n) is 22.2. The maximum absolute atomic E-state index is 13.6. The van der Waals surface area contributed by atoms with Gasteiger partial charge in [0.15, 0.2) is 0 Å². The van der Waals surface area contributed by atoms with E-state index in [1.807, 2.05) is 0 Å². The minimum Gasteiger partial charge on any atom is -0.464 e. The first-order valence-electron chi connectivity index (χ1n) is 12.9. The summed E-state index contributed by atoms with van der Waals surface area (Å²) in [5.41, 5.74) is -0.707. The van der Waals surface area contributed by atoms with Crippen LogP contribution in [0, 0.1) is 5.82 Å². The number of carbonyl (C=O) groups excluding carboxylic acids is 3. The molecule has 15 heteroatoms. The monoisotopic (exact) mass is 645 g/mol. The van der Waals surface area contributed by atoms with Gasteiger partial charge in [0.25, 0.3) is 5.91 Å². The molecule has 1 aromatic heterocycles. The molecule has 2 aromatic rings. The summed E-state index contributed by atoms with van der Waals surface area (Å²) in [5.74, 6) is -2.51. The van der Waals surface area contributed by atoms with Crippen LogP contribution >= 0.6 is 35.3 Å². The first-order valence-corrected chi connectivity index (χ1v) is 15.0. The molecule has 2 fully saturated rings. The number of halogens is 4. The Morgan fingerprint density at radius 2 is 1.88 bits per heavy atom. The number of rotatable bonds is 11. The predicted octanol–water partition coefficient (Wildman–Crippen LogP) is 4.55. The van der Waals surface area contributed by atoms with Crippen LogP contribution in [-0.2, 0) is 30.0 Å². The fraction of sp³-hybridized carbons (Fsp3) is 0.407. The molecule has 0 saturated carbocycles. The number of amides is 2. The van der Waals surface area contributed by atoms with Crippen molar-refractivity contribution in [3.05, 3.63) is 50.8 Å². The van der Waals surface area contributed by atoms with Gasteiger partial charge in [-0.05, 0) is 40.8 Å². The molecule has 3 heterocycles. The summed E-state index contributed by atoms with van der Waals surface area (Å²) in [7, 11) is 0. The number of esters is 1. The second kappa shape index (κ2) is 14.6. The van der Waals surface area contributed by atoms with Crippen molar-refractivity contribution in [2.24, 2.45) is 0 Å². The summed E-state index contributed by atoms with van der Waals surface area (Å²) in [4.78, 5) is 41.4. The third-order valence-electron chi connectivity index (χ3n) is 6.36. The summed E-state index contributed by atoms with van der Waals surface area (Å²) in [6, 6.07) is 4.39. The molecule has 8 nitrogen and oxygen atoms in total. The highest BCUT2D eigenvalue weighted by Gasteiger charge is 2.35. The molecular formula is C27H27F4N3O5S3. The molecule has 1 N–H and O–H groups in total. The van der Waals surface area contributed by atoms with Gasteiger partial charge in [-0.25, -0.2) is 4.39 Å². The lowest BCUT2D eigenvalue weighted by Crippen LogP contribution is -2.38. The predicted molar refractivity (Wildman–Crippen MR) is 155 cm³/mol. The van der Waals surface area contributed by atoms with Crippen LogP contribution in [0.25, 0.3) is 17.2 Å². The molecule has 0 unspecified atom stereocenters. The number of morpholine rings is 1. The van der Waals surface area contributed by atoms with Crippen molar-refractivity contribution in [3.8, 4) is 11.1 Å². The SMILES string of the molecule is O=C(CCN1C(=O)/C(=C/c2cc(-c3ccc(F)c(C(F)(F)F)c3)cs2)SC1=S)NCCC(=O)OCCN1CCOCC1. The number of thioether (sulfide) groups is 1. The Morgan fingerprint density at radius 3 is 2.62 bits per heavy atom. The highest BCUT2D eigenvalue weighted by atomic mass is 32.2. The number of alkyl halides is 3. The number of thiocarbonyl (C=S) groups is 1. The lowest BCUT2D eigenvalue weighted by molar-refractivity contribution is -0.144. The first kappa shape index (κ1) is 32.1. The molecule has 2 saturated heterocycles. The summed E-state index contributed by atoms with van der Waals surface area (Å²) < 4.78 is 63.6. The molecule has 2 aliphatic heterocycles. The molecule has 2 aliphatic rings. The van der Waals surface area contributed by atoms with Gasteiger partial charge in [-0.2, -0.15) is 13.2 Å². The molecular weight excluding hydrogens is 619 g/mol. The number of nitrogens with one attached hydrogen (secondary N) is 1. The number of hydrogen-bond donors (Lipinski definition) is 1. The number of thiophene rings is 1. The molecule has 0 atom stereocenters. The molecule has 0 radical (unpaired) electrons. The summed E-state index contributed by atoms with van der Waals surface area (Å²) in [6.07, 6.45) is -3.25. The van der Waals surface area contributed by atoms with Crippen LogP contribution in [0.2, 0.25) is 0 Å². The van der Waals surface area contributed by atoms with Crippen molar-refractivity contribution in [3.63, 3.8) is 0 Å². The van der Waals surface area contributed by atoms with Crippen LogP contribution in [-0.4, -0.2) is 84.4 Å². The third-order valence-corrected chi connectivity index (χ3v) is 8.62. The van der Waals surface area contributed by atoms with E-state index >= 15 is 0 Å². The molecule has 0 spiro atoms. The van der Waals surface area contributed by atoms with Gasteiger partial charge in [0.05, 0.1) is 30.1 Å². The van der Waals surface area contributed by atoms with Crippen LogP contribution in [0.3, 0.4) is 0 Å². The van der Waals surface area contributed by atoms with Gasteiger partial charge < -0.3 is 14.8 Å². The summed E-state index contributed by atoms with van der Waals surface area (Å²) in [6.45, 7) is 3.97. The van der Waals surface area contributed by atoms with E-state index in [-0.39, 0.29) is 48.3 Å². The van der Waals surface area contributed by atoms with E-state index in [9.17, 15) is 31.9 Å². The van der Waals surface area contributed by atoms with Gasteiger partial charge in [-0.3, -0.25) is 24.2 Å². The molecule has 1 aromatic carbocycles. The van der Waals surface area contributed by atoms with Crippen molar-refractivity contribution in [2.45, 2.75) is 19.0 Å². The largest absolute Gasteiger partial charge is 0.464 e. The Bertz CT molecular complexity index is 1360. The Labute approximate surface area is 253 Å². The van der Waals surface area contributed by atoms with Crippen LogP contribution in [0.4, 0.5) is 17.6 Å². The molecule has 226 valence electrons. The van der Waals surface area contributed by atoms with Gasteiger partial charge >= 0.3 is 12.1 Å². The average molecular weight is 646 g/mol. The minimum atomic E-state index is -4.82. The smallest absolute Gasteiger partial charge is 0.419 e. The maximum atomic E-state index is 13.6. The molecule has 0 aliphatic carbocycles. The second-order valence-corrected chi connectivity index (χ2v) is 11.9. The quantitative estimate of drug-likeness (QED) is 0.165. The van der Waals surface area contributed by atoms with Crippen LogP contribution in [0.5, 0.6) is 0 Å². The Kier molecular flexibility index (Phi) is 11.1. The highest BCUT2D eigenvalue weighted by molar-refractivity contribution is 8.26. The molecule has 2 amide bonds. The molecule has 42 heavy (non-hydrogen) atoms. The standard InChI is InChI=1S/C27H27F4N3O5S3/c28-21-2-1-17(14-20(21)27(29,30)31)18-13-19(41-16-18)15-22-25(37)34(26(40)42-22)6-4-23(35)32-5-3-24(36)39-12-9-33-7-10-38-11-8-33/h1-2,13-16H,3-12H2,(H,32,35)/b22-15-. The third kappa shape index (κ3) is 8.83. The van der Waals surface area contributed by atoms with Gasteiger partial charge in [0, 0.05) is 44.0 Å². The summed E-state index contributed by atoms with van der Waals surface area (Å²) in [5, 5.41) is 4.25.